The predicted molar refractivity (Wildman–Crippen MR) is 73.2 cm³/mol. The monoisotopic (exact) mass is 328 g/mol. The lowest BCUT2D eigenvalue weighted by Gasteiger charge is -2.09. The zero-order chi connectivity index (χ0) is 14.0. The molecular formula is C12H11BrF2N4. The predicted octanol–water partition coefficient (Wildman–Crippen LogP) is 3.41. The van der Waals surface area contributed by atoms with Crippen molar-refractivity contribution in [3.63, 3.8) is 0 Å². The van der Waals surface area contributed by atoms with Crippen molar-refractivity contribution in [3.8, 4) is 0 Å². The zero-order valence-electron chi connectivity index (χ0n) is 10.0. The van der Waals surface area contributed by atoms with Crippen LogP contribution in [-0.2, 0) is 6.42 Å². The topological polar surface area (TPSA) is 63.8 Å². The van der Waals surface area contributed by atoms with E-state index in [0.717, 1.165) is 12.1 Å². The molecule has 1 aromatic carbocycles. The number of hydrogen-bond donors (Lipinski definition) is 2. The highest BCUT2D eigenvalue weighted by atomic mass is 79.9. The quantitative estimate of drug-likeness (QED) is 0.847. The molecule has 0 spiro atoms. The molecule has 0 saturated heterocycles. The summed E-state index contributed by atoms with van der Waals surface area (Å²) < 4.78 is 27.1. The van der Waals surface area contributed by atoms with Crippen LogP contribution in [0.2, 0.25) is 0 Å². The van der Waals surface area contributed by atoms with Crippen molar-refractivity contribution in [1.82, 2.24) is 9.97 Å². The maximum atomic E-state index is 13.7. The van der Waals surface area contributed by atoms with Gasteiger partial charge in [-0.2, -0.15) is 0 Å². The van der Waals surface area contributed by atoms with Crippen LogP contribution >= 0.6 is 15.9 Å². The summed E-state index contributed by atoms with van der Waals surface area (Å²) in [7, 11) is 0. The number of nitrogens with two attached hydrogens (primary N) is 1. The summed E-state index contributed by atoms with van der Waals surface area (Å²) >= 11 is 2.91. The molecule has 19 heavy (non-hydrogen) atoms. The molecule has 1 heterocycles. The van der Waals surface area contributed by atoms with E-state index in [9.17, 15) is 8.78 Å². The van der Waals surface area contributed by atoms with E-state index in [1.807, 2.05) is 6.92 Å². The van der Waals surface area contributed by atoms with E-state index in [1.54, 1.807) is 0 Å². The lowest BCUT2D eigenvalue weighted by molar-refractivity contribution is 0.597. The largest absolute Gasteiger partial charge is 0.384 e. The normalized spacial score (nSPS) is 10.5. The molecular weight excluding hydrogens is 318 g/mol. The average molecular weight is 329 g/mol. The van der Waals surface area contributed by atoms with Gasteiger partial charge in [-0.1, -0.05) is 6.92 Å². The number of halogens is 3. The second kappa shape index (κ2) is 5.48. The molecule has 0 aliphatic carbocycles. The number of benzene rings is 1. The first-order valence-corrected chi connectivity index (χ1v) is 6.34. The van der Waals surface area contributed by atoms with Gasteiger partial charge in [0, 0.05) is 18.6 Å². The molecule has 0 aliphatic heterocycles. The van der Waals surface area contributed by atoms with Crippen molar-refractivity contribution in [1.29, 1.82) is 0 Å². The van der Waals surface area contributed by atoms with Gasteiger partial charge < -0.3 is 11.1 Å². The van der Waals surface area contributed by atoms with Crippen LogP contribution < -0.4 is 11.1 Å². The summed E-state index contributed by atoms with van der Waals surface area (Å²) in [5.74, 6) is -0.0389. The van der Waals surface area contributed by atoms with E-state index in [4.69, 9.17) is 5.73 Å². The Kier molecular flexibility index (Phi) is 3.94. The minimum Gasteiger partial charge on any atom is -0.384 e. The van der Waals surface area contributed by atoms with Gasteiger partial charge in [0.25, 0.3) is 0 Å². The van der Waals surface area contributed by atoms with E-state index >= 15 is 0 Å². The fourth-order valence-corrected chi connectivity index (χ4v) is 1.81. The van der Waals surface area contributed by atoms with Crippen LogP contribution in [0.1, 0.15) is 12.7 Å². The van der Waals surface area contributed by atoms with Crippen LogP contribution in [-0.4, -0.2) is 9.97 Å². The standard InChI is InChI=1S/C12H11BrF2N4/c1-2-11-18-10(16)5-12(19-11)17-9-4-7(14)6(13)3-8(9)15/h3-5H,2H2,1H3,(H3,16,17,18,19). The smallest absolute Gasteiger partial charge is 0.148 e. The highest BCUT2D eigenvalue weighted by Crippen LogP contribution is 2.25. The summed E-state index contributed by atoms with van der Waals surface area (Å²) in [6, 6.07) is 3.55. The molecule has 0 radical (unpaired) electrons. The van der Waals surface area contributed by atoms with E-state index < -0.39 is 11.6 Å². The van der Waals surface area contributed by atoms with Crippen molar-refractivity contribution < 1.29 is 8.78 Å². The summed E-state index contributed by atoms with van der Waals surface area (Å²) in [5.41, 5.74) is 5.60. The number of hydrogen-bond acceptors (Lipinski definition) is 4. The van der Waals surface area contributed by atoms with Crippen molar-refractivity contribution in [2.24, 2.45) is 0 Å². The minimum atomic E-state index is -0.594. The fourth-order valence-electron chi connectivity index (χ4n) is 1.50. The molecule has 2 aromatic rings. The van der Waals surface area contributed by atoms with Crippen LogP contribution in [0, 0.1) is 11.6 Å². The number of aromatic nitrogens is 2. The van der Waals surface area contributed by atoms with Crippen LogP contribution in [0.3, 0.4) is 0 Å². The average Bonchev–Trinajstić information content (AvgIpc) is 2.35. The Balaban J connectivity index is 2.36. The van der Waals surface area contributed by atoms with Gasteiger partial charge in [0.05, 0.1) is 10.2 Å². The number of aryl methyl sites for hydroxylation is 1. The fraction of sp³-hybridized carbons (Fsp3) is 0.167. The molecule has 0 aliphatic rings. The number of anilines is 3. The molecule has 0 saturated carbocycles. The lowest BCUT2D eigenvalue weighted by atomic mass is 10.3. The molecule has 7 heteroatoms. The minimum absolute atomic E-state index is 0.0131. The van der Waals surface area contributed by atoms with Crippen LogP contribution in [0.4, 0.5) is 26.1 Å². The van der Waals surface area contributed by atoms with Crippen molar-refractivity contribution >= 4 is 33.3 Å². The number of nitrogens with one attached hydrogen (secondary N) is 1. The van der Waals surface area contributed by atoms with Gasteiger partial charge in [0.15, 0.2) is 0 Å². The summed E-state index contributed by atoms with van der Waals surface area (Å²) in [6.45, 7) is 1.87. The lowest BCUT2D eigenvalue weighted by Crippen LogP contribution is -2.04. The van der Waals surface area contributed by atoms with Crippen molar-refractivity contribution in [2.75, 3.05) is 11.1 Å². The van der Waals surface area contributed by atoms with Gasteiger partial charge in [-0.15, -0.1) is 0 Å². The summed E-state index contributed by atoms with van der Waals surface area (Å²) in [4.78, 5) is 8.14. The first kappa shape index (κ1) is 13.7. The van der Waals surface area contributed by atoms with E-state index in [1.165, 1.54) is 6.07 Å². The Morgan fingerprint density at radius 2 is 1.95 bits per heavy atom. The molecule has 0 atom stereocenters. The molecule has 0 fully saturated rings. The van der Waals surface area contributed by atoms with E-state index in [-0.39, 0.29) is 16.0 Å². The Morgan fingerprint density at radius 3 is 2.63 bits per heavy atom. The third-order valence-corrected chi connectivity index (χ3v) is 2.99. The Morgan fingerprint density at radius 1 is 1.21 bits per heavy atom. The van der Waals surface area contributed by atoms with Gasteiger partial charge in [0.1, 0.15) is 29.1 Å². The van der Waals surface area contributed by atoms with Gasteiger partial charge in [-0.25, -0.2) is 18.7 Å². The highest BCUT2D eigenvalue weighted by Gasteiger charge is 2.10. The molecule has 0 bridgehead atoms. The summed E-state index contributed by atoms with van der Waals surface area (Å²) in [5, 5.41) is 2.69. The molecule has 0 amide bonds. The molecule has 1 aromatic heterocycles. The Hall–Kier alpha value is -1.76. The first-order chi connectivity index (χ1) is 8.99. The van der Waals surface area contributed by atoms with Crippen molar-refractivity contribution in [3.05, 3.63) is 40.1 Å². The molecule has 4 nitrogen and oxygen atoms in total. The second-order valence-electron chi connectivity index (χ2n) is 3.82. The highest BCUT2D eigenvalue weighted by molar-refractivity contribution is 9.10. The second-order valence-corrected chi connectivity index (χ2v) is 4.67. The SMILES string of the molecule is CCc1nc(N)cc(Nc2cc(F)c(Br)cc2F)n1. The van der Waals surface area contributed by atoms with Gasteiger partial charge in [-0.05, 0) is 22.0 Å². The number of nitrogen functional groups attached to an aromatic ring is 1. The first-order valence-electron chi connectivity index (χ1n) is 5.54. The molecule has 0 unspecified atom stereocenters. The third kappa shape index (κ3) is 3.17. The Labute approximate surface area is 117 Å². The van der Waals surface area contributed by atoms with Gasteiger partial charge in [0.2, 0.25) is 0 Å². The number of nitrogens with zero attached hydrogens (tertiary/aromatic N) is 2. The maximum absolute atomic E-state index is 13.7. The molecule has 100 valence electrons. The number of rotatable bonds is 3. The Bertz CT molecular complexity index is 619. The van der Waals surface area contributed by atoms with Gasteiger partial charge >= 0.3 is 0 Å². The van der Waals surface area contributed by atoms with Crippen molar-refractivity contribution in [2.45, 2.75) is 13.3 Å². The van der Waals surface area contributed by atoms with Gasteiger partial charge in [-0.3, -0.25) is 0 Å². The zero-order valence-corrected chi connectivity index (χ0v) is 11.6. The molecule has 2 rings (SSSR count). The van der Waals surface area contributed by atoms with Crippen LogP contribution in [0.5, 0.6) is 0 Å². The maximum Gasteiger partial charge on any atom is 0.148 e. The van der Waals surface area contributed by atoms with Crippen LogP contribution in [0.25, 0.3) is 0 Å². The van der Waals surface area contributed by atoms with E-state index in [2.05, 4.69) is 31.2 Å². The summed E-state index contributed by atoms with van der Waals surface area (Å²) in [6.07, 6.45) is 0.594. The van der Waals surface area contributed by atoms with Crippen LogP contribution in [0.15, 0.2) is 22.7 Å². The van der Waals surface area contributed by atoms with E-state index in [0.29, 0.717) is 18.1 Å². The molecule has 3 N–H and O–H groups in total. The third-order valence-electron chi connectivity index (χ3n) is 2.38.